The zero-order valence-corrected chi connectivity index (χ0v) is 12.3. The third-order valence-corrected chi connectivity index (χ3v) is 3.84. The van der Waals surface area contributed by atoms with E-state index >= 15 is 0 Å². The summed E-state index contributed by atoms with van der Waals surface area (Å²) in [4.78, 5) is 11.4. The lowest BCUT2D eigenvalue weighted by atomic mass is 9.82. The van der Waals surface area contributed by atoms with Gasteiger partial charge in [-0.05, 0) is 30.5 Å². The predicted molar refractivity (Wildman–Crippen MR) is 77.0 cm³/mol. The van der Waals surface area contributed by atoms with Crippen molar-refractivity contribution >= 4 is 5.97 Å². The van der Waals surface area contributed by atoms with Crippen molar-refractivity contribution < 1.29 is 19.7 Å². The fourth-order valence-electron chi connectivity index (χ4n) is 2.17. The number of hydrogen-bond donors (Lipinski definition) is 3. The number of phenolic OH excluding ortho intramolecular Hbond substituents is 1. The van der Waals surface area contributed by atoms with E-state index in [1.54, 1.807) is 12.1 Å². The van der Waals surface area contributed by atoms with Crippen LogP contribution in [0.15, 0.2) is 18.2 Å². The monoisotopic (exact) mass is 281 g/mol. The average Bonchev–Trinajstić information content (AvgIpc) is 2.44. The van der Waals surface area contributed by atoms with Gasteiger partial charge in [0.05, 0.1) is 12.5 Å². The van der Waals surface area contributed by atoms with Crippen molar-refractivity contribution in [3.63, 3.8) is 0 Å². The minimum absolute atomic E-state index is 0.0854. The first kappa shape index (κ1) is 16.3. The van der Waals surface area contributed by atoms with E-state index in [1.807, 2.05) is 19.9 Å². The number of benzene rings is 1. The van der Waals surface area contributed by atoms with Gasteiger partial charge in [-0.15, -0.1) is 0 Å². The lowest BCUT2D eigenvalue weighted by molar-refractivity contribution is -0.149. The maximum absolute atomic E-state index is 11.4. The molecule has 20 heavy (non-hydrogen) atoms. The van der Waals surface area contributed by atoms with Gasteiger partial charge < -0.3 is 20.3 Å². The standard InChI is InChI=1S/C15H23NO4/c1-4-15(5-2,14(18)19)10-16-9-11-6-7-13(20-3)12(17)8-11/h6-8,16-17H,4-5,9-10H2,1-3H3,(H,18,19). The smallest absolute Gasteiger partial charge is 0.310 e. The zero-order valence-electron chi connectivity index (χ0n) is 12.3. The fourth-order valence-corrected chi connectivity index (χ4v) is 2.17. The molecule has 0 spiro atoms. The number of ether oxygens (including phenoxy) is 1. The first-order valence-electron chi connectivity index (χ1n) is 6.79. The summed E-state index contributed by atoms with van der Waals surface area (Å²) < 4.78 is 4.98. The zero-order chi connectivity index (χ0) is 15.2. The Morgan fingerprint density at radius 3 is 2.45 bits per heavy atom. The number of carboxylic acid groups (broad SMARTS) is 1. The van der Waals surface area contributed by atoms with E-state index in [0.29, 0.717) is 31.7 Å². The third kappa shape index (κ3) is 3.63. The van der Waals surface area contributed by atoms with E-state index in [-0.39, 0.29) is 5.75 Å². The molecule has 0 fully saturated rings. The van der Waals surface area contributed by atoms with Crippen molar-refractivity contribution in [2.24, 2.45) is 5.41 Å². The van der Waals surface area contributed by atoms with Crippen LogP contribution < -0.4 is 10.1 Å². The average molecular weight is 281 g/mol. The van der Waals surface area contributed by atoms with Crippen LogP contribution >= 0.6 is 0 Å². The highest BCUT2D eigenvalue weighted by Crippen LogP contribution is 2.27. The molecule has 0 aliphatic rings. The molecule has 0 bridgehead atoms. The fraction of sp³-hybridized carbons (Fsp3) is 0.533. The number of hydrogen-bond acceptors (Lipinski definition) is 4. The molecule has 3 N–H and O–H groups in total. The van der Waals surface area contributed by atoms with Gasteiger partial charge in [-0.3, -0.25) is 4.79 Å². The Balaban J connectivity index is 2.63. The van der Waals surface area contributed by atoms with Crippen LogP contribution in [0.5, 0.6) is 11.5 Å². The molecule has 5 nitrogen and oxygen atoms in total. The maximum Gasteiger partial charge on any atom is 0.310 e. The van der Waals surface area contributed by atoms with E-state index in [2.05, 4.69) is 5.32 Å². The number of aliphatic carboxylic acids is 1. The molecule has 1 aromatic rings. The van der Waals surface area contributed by atoms with Crippen molar-refractivity contribution in [2.45, 2.75) is 33.2 Å². The summed E-state index contributed by atoms with van der Waals surface area (Å²) in [5.74, 6) is -0.259. The molecule has 0 heterocycles. The van der Waals surface area contributed by atoms with Gasteiger partial charge in [-0.1, -0.05) is 19.9 Å². The molecular weight excluding hydrogens is 258 g/mol. The molecule has 1 rings (SSSR count). The van der Waals surface area contributed by atoms with Crippen LogP contribution in [-0.2, 0) is 11.3 Å². The van der Waals surface area contributed by atoms with E-state index < -0.39 is 11.4 Å². The van der Waals surface area contributed by atoms with Gasteiger partial charge in [0, 0.05) is 13.1 Å². The van der Waals surface area contributed by atoms with Gasteiger partial charge in [0.25, 0.3) is 0 Å². The minimum Gasteiger partial charge on any atom is -0.504 e. The molecule has 0 aliphatic carbocycles. The van der Waals surface area contributed by atoms with Gasteiger partial charge >= 0.3 is 5.97 Å². The first-order chi connectivity index (χ1) is 9.49. The van der Waals surface area contributed by atoms with Crippen LogP contribution in [0, 0.1) is 5.41 Å². The van der Waals surface area contributed by atoms with Crippen molar-refractivity contribution in [1.29, 1.82) is 0 Å². The predicted octanol–water partition coefficient (Wildman–Crippen LogP) is 2.38. The van der Waals surface area contributed by atoms with Crippen LogP contribution in [0.25, 0.3) is 0 Å². The van der Waals surface area contributed by atoms with Gasteiger partial charge in [-0.25, -0.2) is 0 Å². The third-order valence-electron chi connectivity index (χ3n) is 3.84. The molecular formula is C15H23NO4. The lowest BCUT2D eigenvalue weighted by Gasteiger charge is -2.27. The summed E-state index contributed by atoms with van der Waals surface area (Å²) in [5.41, 5.74) is 0.156. The van der Waals surface area contributed by atoms with E-state index in [1.165, 1.54) is 7.11 Å². The van der Waals surface area contributed by atoms with Crippen molar-refractivity contribution in [3.8, 4) is 11.5 Å². The number of methoxy groups -OCH3 is 1. The molecule has 0 unspecified atom stereocenters. The maximum atomic E-state index is 11.4. The van der Waals surface area contributed by atoms with E-state index in [4.69, 9.17) is 4.74 Å². The highest BCUT2D eigenvalue weighted by molar-refractivity contribution is 5.74. The number of nitrogens with one attached hydrogen (secondary N) is 1. The van der Waals surface area contributed by atoms with Gasteiger partial charge in [0.2, 0.25) is 0 Å². The Kier molecular flexibility index (Phi) is 5.82. The van der Waals surface area contributed by atoms with Crippen LogP contribution in [-0.4, -0.2) is 29.8 Å². The number of phenols is 1. The van der Waals surface area contributed by atoms with Gasteiger partial charge in [-0.2, -0.15) is 0 Å². The second-order valence-corrected chi connectivity index (χ2v) is 4.90. The molecule has 1 aromatic carbocycles. The lowest BCUT2D eigenvalue weighted by Crippen LogP contribution is -2.39. The highest BCUT2D eigenvalue weighted by atomic mass is 16.5. The molecule has 0 radical (unpaired) electrons. The molecule has 112 valence electrons. The summed E-state index contributed by atoms with van der Waals surface area (Å²) in [6.07, 6.45) is 1.17. The van der Waals surface area contributed by atoms with E-state index in [0.717, 1.165) is 5.56 Å². The number of carboxylic acids is 1. The molecule has 0 amide bonds. The van der Waals surface area contributed by atoms with Crippen LogP contribution in [0.4, 0.5) is 0 Å². The normalized spacial score (nSPS) is 11.3. The largest absolute Gasteiger partial charge is 0.504 e. The van der Waals surface area contributed by atoms with Crippen LogP contribution in [0.2, 0.25) is 0 Å². The Morgan fingerprint density at radius 1 is 1.35 bits per heavy atom. The van der Waals surface area contributed by atoms with Crippen LogP contribution in [0.3, 0.4) is 0 Å². The van der Waals surface area contributed by atoms with Gasteiger partial charge in [0.1, 0.15) is 0 Å². The summed E-state index contributed by atoms with van der Waals surface area (Å²) in [7, 11) is 1.50. The molecule has 0 saturated heterocycles. The van der Waals surface area contributed by atoms with Crippen molar-refractivity contribution in [1.82, 2.24) is 5.32 Å². The summed E-state index contributed by atoms with van der Waals surface area (Å²) >= 11 is 0. The highest BCUT2D eigenvalue weighted by Gasteiger charge is 2.34. The molecule has 5 heteroatoms. The van der Waals surface area contributed by atoms with Crippen molar-refractivity contribution in [2.75, 3.05) is 13.7 Å². The quantitative estimate of drug-likeness (QED) is 0.682. The summed E-state index contributed by atoms with van der Waals surface area (Å²) in [6.45, 7) is 4.69. The van der Waals surface area contributed by atoms with Crippen molar-refractivity contribution in [3.05, 3.63) is 23.8 Å². The Hall–Kier alpha value is -1.75. The van der Waals surface area contributed by atoms with E-state index in [9.17, 15) is 15.0 Å². The summed E-state index contributed by atoms with van der Waals surface area (Å²) in [6, 6.07) is 5.15. The summed E-state index contributed by atoms with van der Waals surface area (Å²) in [5, 5.41) is 22.2. The van der Waals surface area contributed by atoms with Crippen LogP contribution in [0.1, 0.15) is 32.3 Å². The molecule has 0 aromatic heterocycles. The number of aromatic hydroxyl groups is 1. The number of carbonyl (C=O) groups is 1. The number of rotatable bonds is 8. The van der Waals surface area contributed by atoms with Gasteiger partial charge in [0.15, 0.2) is 11.5 Å². The molecule has 0 aliphatic heterocycles. The SMILES string of the molecule is CCC(CC)(CNCc1ccc(OC)c(O)c1)C(=O)O. The Morgan fingerprint density at radius 2 is 2.00 bits per heavy atom. The second-order valence-electron chi connectivity index (χ2n) is 4.90. The Bertz CT molecular complexity index is 455. The molecule has 0 atom stereocenters. The molecule has 0 saturated carbocycles. The first-order valence-corrected chi connectivity index (χ1v) is 6.79. The topological polar surface area (TPSA) is 78.8 Å². The second kappa shape index (κ2) is 7.14. The minimum atomic E-state index is -0.771. The Labute approximate surface area is 119 Å².